The number of carbonyl (C=O) groups is 1. The molecule has 2 atom stereocenters. The van der Waals surface area contributed by atoms with Gasteiger partial charge in [-0.3, -0.25) is 4.99 Å². The van der Waals surface area contributed by atoms with Crippen LogP contribution in [-0.2, 0) is 21.6 Å². The standard InChI is InChI=1S/C27H35N3O3/c28-26(29-18-9-12-21-10-3-1-4-11-21)30-19-17-24(20-30)33-25(31)27(32,23-15-7-8-16-23)22-13-5-2-6-14-22/h1-6,10-11,13-14,23-24,32H,7-9,12,15-20H2,(H2,28,29)/t24-,27+/m1/s1. The molecule has 0 amide bonds. The Labute approximate surface area is 196 Å². The van der Waals surface area contributed by atoms with Crippen LogP contribution >= 0.6 is 0 Å². The number of aliphatic hydroxyl groups is 1. The van der Waals surface area contributed by atoms with E-state index in [0.717, 1.165) is 38.5 Å². The molecule has 2 fully saturated rings. The maximum absolute atomic E-state index is 13.3. The van der Waals surface area contributed by atoms with Crippen molar-refractivity contribution in [3.8, 4) is 0 Å². The smallest absolute Gasteiger partial charge is 0.343 e. The Morgan fingerprint density at radius 1 is 1.06 bits per heavy atom. The summed E-state index contributed by atoms with van der Waals surface area (Å²) in [6, 6.07) is 19.6. The van der Waals surface area contributed by atoms with E-state index in [4.69, 9.17) is 10.5 Å². The van der Waals surface area contributed by atoms with Crippen LogP contribution < -0.4 is 5.73 Å². The molecule has 6 heteroatoms. The van der Waals surface area contributed by atoms with E-state index in [9.17, 15) is 9.90 Å². The fourth-order valence-electron chi connectivity index (χ4n) is 5.05. The van der Waals surface area contributed by atoms with Crippen molar-refractivity contribution < 1.29 is 14.6 Å². The molecule has 0 unspecified atom stereocenters. The Balaban J connectivity index is 1.32. The van der Waals surface area contributed by atoms with Crippen LogP contribution in [0, 0.1) is 5.92 Å². The summed E-state index contributed by atoms with van der Waals surface area (Å²) < 4.78 is 5.87. The van der Waals surface area contributed by atoms with Crippen molar-refractivity contribution in [2.75, 3.05) is 19.6 Å². The van der Waals surface area contributed by atoms with Gasteiger partial charge in [0.25, 0.3) is 0 Å². The minimum atomic E-state index is -1.59. The van der Waals surface area contributed by atoms with Gasteiger partial charge in [0, 0.05) is 25.4 Å². The number of carbonyl (C=O) groups excluding carboxylic acids is 1. The zero-order valence-electron chi connectivity index (χ0n) is 19.2. The molecule has 1 aliphatic carbocycles. The largest absolute Gasteiger partial charge is 0.458 e. The molecular weight excluding hydrogens is 414 g/mol. The summed E-state index contributed by atoms with van der Waals surface area (Å²) in [5.41, 5.74) is 6.54. The fourth-order valence-corrected chi connectivity index (χ4v) is 5.05. The highest BCUT2D eigenvalue weighted by atomic mass is 16.6. The first-order valence-electron chi connectivity index (χ1n) is 12.1. The highest BCUT2D eigenvalue weighted by molar-refractivity contribution is 5.82. The van der Waals surface area contributed by atoms with Crippen molar-refractivity contribution in [1.29, 1.82) is 0 Å². The summed E-state index contributed by atoms with van der Waals surface area (Å²) in [7, 11) is 0. The van der Waals surface area contributed by atoms with E-state index in [1.54, 1.807) is 0 Å². The highest BCUT2D eigenvalue weighted by Crippen LogP contribution is 2.41. The van der Waals surface area contributed by atoms with E-state index in [2.05, 4.69) is 17.1 Å². The first kappa shape index (κ1) is 23.3. The third kappa shape index (κ3) is 5.56. The Bertz CT molecular complexity index is 928. The van der Waals surface area contributed by atoms with Crippen LogP contribution in [0.1, 0.15) is 49.7 Å². The number of nitrogens with zero attached hydrogens (tertiary/aromatic N) is 2. The molecule has 2 aliphatic rings. The molecule has 1 aliphatic heterocycles. The van der Waals surface area contributed by atoms with E-state index in [-0.39, 0.29) is 12.0 Å². The summed E-state index contributed by atoms with van der Waals surface area (Å²) in [5.74, 6) is -0.150. The second kappa shape index (κ2) is 10.8. The number of hydrogen-bond acceptors (Lipinski definition) is 4. The molecule has 0 aromatic heterocycles. The molecular formula is C27H35N3O3. The monoisotopic (exact) mass is 449 g/mol. The Hall–Kier alpha value is -2.86. The zero-order valence-corrected chi connectivity index (χ0v) is 19.2. The van der Waals surface area contributed by atoms with Gasteiger partial charge in [0.2, 0.25) is 0 Å². The van der Waals surface area contributed by atoms with Gasteiger partial charge < -0.3 is 20.5 Å². The van der Waals surface area contributed by atoms with Crippen molar-refractivity contribution >= 4 is 11.9 Å². The van der Waals surface area contributed by atoms with Crippen LogP contribution in [0.15, 0.2) is 65.7 Å². The molecule has 3 N–H and O–H groups in total. The molecule has 1 saturated carbocycles. The predicted octanol–water partition coefficient (Wildman–Crippen LogP) is 3.63. The molecule has 2 aromatic carbocycles. The third-order valence-corrected chi connectivity index (χ3v) is 6.95. The quantitative estimate of drug-likeness (QED) is 0.278. The fraction of sp³-hybridized carbons (Fsp3) is 0.481. The lowest BCUT2D eigenvalue weighted by Crippen LogP contribution is -2.45. The van der Waals surface area contributed by atoms with Crippen LogP contribution in [0.3, 0.4) is 0 Å². The predicted molar refractivity (Wildman–Crippen MR) is 130 cm³/mol. The van der Waals surface area contributed by atoms with Crippen LogP contribution in [0.2, 0.25) is 0 Å². The number of benzene rings is 2. The second-order valence-corrected chi connectivity index (χ2v) is 9.20. The van der Waals surface area contributed by atoms with Gasteiger partial charge in [0.1, 0.15) is 6.10 Å². The lowest BCUT2D eigenvalue weighted by molar-refractivity contribution is -0.178. The van der Waals surface area contributed by atoms with Gasteiger partial charge in [-0.05, 0) is 36.8 Å². The Morgan fingerprint density at radius 3 is 2.42 bits per heavy atom. The maximum Gasteiger partial charge on any atom is 0.343 e. The number of nitrogens with two attached hydrogens (primary N) is 1. The Kier molecular flexibility index (Phi) is 7.65. The van der Waals surface area contributed by atoms with Crippen LogP contribution in [-0.4, -0.2) is 47.7 Å². The van der Waals surface area contributed by atoms with E-state index >= 15 is 0 Å². The van der Waals surface area contributed by atoms with Crippen LogP contribution in [0.25, 0.3) is 0 Å². The van der Waals surface area contributed by atoms with Gasteiger partial charge in [-0.1, -0.05) is 73.5 Å². The SMILES string of the molecule is NC(=NCCCc1ccccc1)N1CC[C@@H](OC(=O)[C@](O)(c2ccccc2)C2CCCC2)C1. The van der Waals surface area contributed by atoms with Gasteiger partial charge in [-0.25, -0.2) is 4.79 Å². The van der Waals surface area contributed by atoms with Gasteiger partial charge in [-0.2, -0.15) is 0 Å². The lowest BCUT2D eigenvalue weighted by atomic mass is 9.80. The van der Waals surface area contributed by atoms with Crippen molar-refractivity contribution in [2.24, 2.45) is 16.6 Å². The molecule has 1 heterocycles. The topological polar surface area (TPSA) is 88.1 Å². The number of hydrogen-bond donors (Lipinski definition) is 2. The van der Waals surface area contributed by atoms with Crippen LogP contribution in [0.4, 0.5) is 0 Å². The first-order chi connectivity index (χ1) is 16.1. The molecule has 0 spiro atoms. The molecule has 0 radical (unpaired) electrons. The second-order valence-electron chi connectivity index (χ2n) is 9.20. The molecule has 0 bridgehead atoms. The molecule has 1 saturated heterocycles. The number of ether oxygens (including phenoxy) is 1. The molecule has 4 rings (SSSR count). The number of likely N-dealkylation sites (tertiary alicyclic amines) is 1. The number of rotatable bonds is 8. The molecule has 6 nitrogen and oxygen atoms in total. The zero-order chi connectivity index (χ0) is 23.1. The van der Waals surface area contributed by atoms with Gasteiger partial charge in [0.15, 0.2) is 11.6 Å². The van der Waals surface area contributed by atoms with Crippen molar-refractivity contribution in [3.63, 3.8) is 0 Å². The van der Waals surface area contributed by atoms with Gasteiger partial charge in [-0.15, -0.1) is 0 Å². The first-order valence-corrected chi connectivity index (χ1v) is 12.1. The molecule has 176 valence electrons. The summed E-state index contributed by atoms with van der Waals surface area (Å²) in [5, 5.41) is 11.6. The van der Waals surface area contributed by atoms with Gasteiger partial charge in [0.05, 0.1) is 6.54 Å². The molecule has 2 aromatic rings. The summed E-state index contributed by atoms with van der Waals surface area (Å²) in [6.07, 6.45) is 6.01. The lowest BCUT2D eigenvalue weighted by Gasteiger charge is -2.33. The third-order valence-electron chi connectivity index (χ3n) is 6.95. The van der Waals surface area contributed by atoms with Crippen molar-refractivity contribution in [3.05, 3.63) is 71.8 Å². The minimum absolute atomic E-state index is 0.110. The Morgan fingerprint density at radius 2 is 1.73 bits per heavy atom. The summed E-state index contributed by atoms with van der Waals surface area (Å²) in [6.45, 7) is 1.87. The highest BCUT2D eigenvalue weighted by Gasteiger charge is 2.48. The average Bonchev–Trinajstić information content (AvgIpc) is 3.55. The van der Waals surface area contributed by atoms with E-state index in [0.29, 0.717) is 37.6 Å². The number of aryl methyl sites for hydroxylation is 1. The number of esters is 1. The summed E-state index contributed by atoms with van der Waals surface area (Å²) in [4.78, 5) is 19.8. The van der Waals surface area contributed by atoms with Gasteiger partial charge >= 0.3 is 5.97 Å². The van der Waals surface area contributed by atoms with Crippen molar-refractivity contribution in [2.45, 2.75) is 56.7 Å². The molecule has 33 heavy (non-hydrogen) atoms. The number of aliphatic imine (C=N–C) groups is 1. The van der Waals surface area contributed by atoms with Crippen LogP contribution in [0.5, 0.6) is 0 Å². The van der Waals surface area contributed by atoms with Crippen molar-refractivity contribution in [1.82, 2.24) is 4.90 Å². The normalized spacial score (nSPS) is 21.2. The summed E-state index contributed by atoms with van der Waals surface area (Å²) >= 11 is 0. The average molecular weight is 450 g/mol. The van der Waals surface area contributed by atoms with E-state index in [1.807, 2.05) is 53.4 Å². The van der Waals surface area contributed by atoms with E-state index < -0.39 is 11.6 Å². The number of guanidine groups is 1. The van der Waals surface area contributed by atoms with E-state index in [1.165, 1.54) is 5.56 Å². The maximum atomic E-state index is 13.3. The minimum Gasteiger partial charge on any atom is -0.458 e.